The van der Waals surface area contributed by atoms with Crippen LogP contribution in [0.1, 0.15) is 49.9 Å². The lowest BCUT2D eigenvalue weighted by Crippen LogP contribution is -2.10. The number of methoxy groups -OCH3 is 1. The molecule has 8 rings (SSSR count). The van der Waals surface area contributed by atoms with Crippen LogP contribution in [0.15, 0.2) is 122 Å². The van der Waals surface area contributed by atoms with Crippen LogP contribution >= 0.6 is 22.7 Å². The van der Waals surface area contributed by atoms with Gasteiger partial charge in [0.1, 0.15) is 27.6 Å². The van der Waals surface area contributed by atoms with Gasteiger partial charge >= 0.3 is 0 Å². The fraction of sp³-hybridized carbons (Fsp3) is 0.182. The summed E-state index contributed by atoms with van der Waals surface area (Å²) in [6, 6.07) is 40.5. The second-order valence-electron chi connectivity index (χ2n) is 13.0. The number of para-hydroxylation sites is 2. The molecule has 0 saturated heterocycles. The number of rotatable bonds is 13. The number of fused-ring (bicyclic) bond motifs is 2. The van der Waals surface area contributed by atoms with E-state index in [1.54, 1.807) is 31.6 Å². The lowest BCUT2D eigenvalue weighted by atomic mass is 10.1. The minimum atomic E-state index is -0.516. The number of hydrogen-bond acceptors (Lipinski definition) is 13. The minimum absolute atomic E-state index is 0.502. The summed E-state index contributed by atoms with van der Waals surface area (Å²) in [5.74, 6) is 0.870. The third-order valence-corrected chi connectivity index (χ3v) is 11.2. The van der Waals surface area contributed by atoms with Gasteiger partial charge in [0.2, 0.25) is 11.9 Å². The minimum Gasteiger partial charge on any atom is -0.497 e. The first-order valence-electron chi connectivity index (χ1n) is 18.3. The van der Waals surface area contributed by atoms with Crippen molar-refractivity contribution in [3.05, 3.63) is 160 Å². The van der Waals surface area contributed by atoms with Crippen LogP contribution in [0.5, 0.6) is 5.75 Å². The van der Waals surface area contributed by atoms with Crippen LogP contribution < -0.4 is 15.4 Å². The summed E-state index contributed by atoms with van der Waals surface area (Å²) in [4.78, 5) is 26.9. The number of nitrogens with one attached hydrogen (secondary N) is 2. The van der Waals surface area contributed by atoms with Crippen molar-refractivity contribution in [1.29, 1.82) is 10.5 Å². The summed E-state index contributed by atoms with van der Waals surface area (Å²) in [7, 11) is 1.66. The van der Waals surface area contributed by atoms with Crippen LogP contribution in [0.3, 0.4) is 0 Å². The van der Waals surface area contributed by atoms with E-state index >= 15 is 0 Å². The van der Waals surface area contributed by atoms with Crippen molar-refractivity contribution in [3.63, 3.8) is 0 Å². The number of thiazole rings is 2. The van der Waals surface area contributed by atoms with Gasteiger partial charge in [-0.25, -0.2) is 29.9 Å². The van der Waals surface area contributed by atoms with Gasteiger partial charge in [-0.2, -0.15) is 10.5 Å². The fourth-order valence-electron chi connectivity index (χ4n) is 5.94. The van der Waals surface area contributed by atoms with Gasteiger partial charge in [0, 0.05) is 25.5 Å². The van der Waals surface area contributed by atoms with E-state index in [1.807, 2.05) is 72.8 Å². The molecule has 2 unspecified atom stereocenters. The van der Waals surface area contributed by atoms with E-state index in [1.165, 1.54) is 39.4 Å². The molecule has 2 N–H and O–H groups in total. The molecule has 0 bridgehead atoms. The molecule has 4 heterocycles. The maximum absolute atomic E-state index is 9.74. The average Bonchev–Trinajstić information content (AvgIpc) is 3.88. The maximum Gasteiger partial charge on any atom is 0.222 e. The second kappa shape index (κ2) is 18.7. The van der Waals surface area contributed by atoms with E-state index in [0.29, 0.717) is 29.8 Å². The van der Waals surface area contributed by atoms with Gasteiger partial charge in [-0.3, -0.25) is 0 Å². The molecule has 0 aliphatic rings. The number of benzene rings is 4. The first-order chi connectivity index (χ1) is 28.0. The molecule has 0 amide bonds. The highest BCUT2D eigenvalue weighted by Gasteiger charge is 2.21. The normalized spacial score (nSPS) is 11.8. The monoisotopic (exact) mass is 786 g/mol. The summed E-state index contributed by atoms with van der Waals surface area (Å²) < 4.78 is 7.32. The number of aromatic nitrogens is 6. The van der Waals surface area contributed by atoms with E-state index < -0.39 is 11.8 Å². The highest BCUT2D eigenvalue weighted by Crippen LogP contribution is 2.32. The summed E-state index contributed by atoms with van der Waals surface area (Å²) >= 11 is 3.06. The predicted octanol–water partition coefficient (Wildman–Crippen LogP) is 9.11. The van der Waals surface area contributed by atoms with Gasteiger partial charge in [0.25, 0.3) is 0 Å². The SMILES string of the molecule is COc1ccc(CCNc2nccc(C(C#N)c3nc4ccccc4s3)n2)cc1.Cc1ccc(CCNc2nccc(C(C#N)c3nc4ccccc4s3)n2)cc1. The Morgan fingerprint density at radius 3 is 1.49 bits per heavy atom. The lowest BCUT2D eigenvalue weighted by molar-refractivity contribution is 0.414. The molecule has 0 radical (unpaired) electrons. The third-order valence-electron chi connectivity index (χ3n) is 8.99. The topological polar surface area (TPSA) is 158 Å². The number of nitrogens with zero attached hydrogens (tertiary/aromatic N) is 8. The van der Waals surface area contributed by atoms with Gasteiger partial charge in [0.05, 0.1) is 51.1 Å². The van der Waals surface area contributed by atoms with Gasteiger partial charge in [-0.15, -0.1) is 22.7 Å². The van der Waals surface area contributed by atoms with Crippen molar-refractivity contribution in [2.45, 2.75) is 31.6 Å². The molecule has 0 fully saturated rings. The molecule has 4 aromatic heterocycles. The van der Waals surface area contributed by atoms with E-state index in [2.05, 4.69) is 83.9 Å². The molecule has 282 valence electrons. The lowest BCUT2D eigenvalue weighted by Gasteiger charge is -2.09. The van der Waals surface area contributed by atoms with E-state index in [-0.39, 0.29) is 0 Å². The first-order valence-corrected chi connectivity index (χ1v) is 19.9. The second-order valence-corrected chi connectivity index (χ2v) is 15.1. The van der Waals surface area contributed by atoms with Crippen LogP contribution in [0.2, 0.25) is 0 Å². The largest absolute Gasteiger partial charge is 0.497 e. The van der Waals surface area contributed by atoms with Gasteiger partial charge < -0.3 is 15.4 Å². The van der Waals surface area contributed by atoms with E-state index in [0.717, 1.165) is 55.6 Å². The summed E-state index contributed by atoms with van der Waals surface area (Å²) in [6.45, 7) is 3.50. The van der Waals surface area contributed by atoms with Crippen molar-refractivity contribution >= 4 is 55.0 Å². The summed E-state index contributed by atoms with van der Waals surface area (Å²) in [5, 5.41) is 27.5. The van der Waals surface area contributed by atoms with Crippen LogP contribution in [-0.4, -0.2) is 50.1 Å². The molecule has 57 heavy (non-hydrogen) atoms. The third kappa shape index (κ3) is 9.90. The van der Waals surface area contributed by atoms with Crippen molar-refractivity contribution < 1.29 is 4.74 Å². The predicted molar refractivity (Wildman–Crippen MR) is 227 cm³/mol. The van der Waals surface area contributed by atoms with Gasteiger partial charge in [-0.1, -0.05) is 66.2 Å². The molecule has 2 atom stereocenters. The Bertz CT molecular complexity index is 2580. The zero-order chi connectivity index (χ0) is 39.4. The molecule has 0 aliphatic carbocycles. The average molecular weight is 787 g/mol. The van der Waals surface area contributed by atoms with Crippen molar-refractivity contribution in [3.8, 4) is 17.9 Å². The quantitative estimate of drug-likeness (QED) is 0.115. The number of ether oxygens (including phenoxy) is 1. The maximum atomic E-state index is 9.74. The molecule has 8 aromatic rings. The molecule has 13 heteroatoms. The van der Waals surface area contributed by atoms with Gasteiger partial charge in [0.15, 0.2) is 0 Å². The molecule has 11 nitrogen and oxygen atoms in total. The Hall–Kier alpha value is -6.80. The Balaban J connectivity index is 0.000000174. The van der Waals surface area contributed by atoms with Crippen molar-refractivity contribution in [2.24, 2.45) is 0 Å². The smallest absolute Gasteiger partial charge is 0.222 e. The standard InChI is InChI=1S/C22H19N5OS.C22H19N5S/c1-28-16-8-6-15(7-9-16)10-12-24-22-25-13-11-18(27-22)17(14-23)21-26-19-4-2-3-5-20(19)29-21;1-15-6-8-16(9-7-15)10-12-24-22-25-13-11-18(27-22)17(14-23)21-26-19-4-2-3-5-20(19)28-21/h2-9,11,13,17H,10,12H2,1H3,(H,24,25,27);2-9,11,13,17H,10,12H2,1H3,(H,24,25,27). The summed E-state index contributed by atoms with van der Waals surface area (Å²) in [6.07, 6.45) is 5.08. The number of hydrogen-bond donors (Lipinski definition) is 2. The number of nitriles is 2. The zero-order valence-electron chi connectivity index (χ0n) is 31.3. The first kappa shape index (κ1) is 38.5. The fourth-order valence-corrected chi connectivity index (χ4v) is 8.00. The number of aryl methyl sites for hydroxylation is 1. The Morgan fingerprint density at radius 2 is 1.05 bits per heavy atom. The zero-order valence-corrected chi connectivity index (χ0v) is 33.0. The summed E-state index contributed by atoms with van der Waals surface area (Å²) in [5.41, 5.74) is 6.83. The van der Waals surface area contributed by atoms with Crippen LogP contribution in [-0.2, 0) is 12.8 Å². The number of anilines is 2. The highest BCUT2D eigenvalue weighted by molar-refractivity contribution is 7.19. The van der Waals surface area contributed by atoms with Crippen LogP contribution in [0.25, 0.3) is 20.4 Å². The van der Waals surface area contributed by atoms with Gasteiger partial charge in [-0.05, 0) is 79.4 Å². The van der Waals surface area contributed by atoms with E-state index in [9.17, 15) is 10.5 Å². The molecule has 0 aliphatic heterocycles. The van der Waals surface area contributed by atoms with Crippen molar-refractivity contribution in [2.75, 3.05) is 30.8 Å². The molecular weight excluding hydrogens is 749 g/mol. The van der Waals surface area contributed by atoms with E-state index in [4.69, 9.17) is 4.74 Å². The molecule has 0 spiro atoms. The Kier molecular flexibility index (Phi) is 12.6. The Morgan fingerprint density at radius 1 is 0.596 bits per heavy atom. The van der Waals surface area contributed by atoms with Crippen LogP contribution in [0, 0.1) is 29.6 Å². The molecule has 0 saturated carbocycles. The highest BCUT2D eigenvalue weighted by atomic mass is 32.1. The van der Waals surface area contributed by atoms with Crippen LogP contribution in [0.4, 0.5) is 11.9 Å². The molecular formula is C44H38N10OS2. The van der Waals surface area contributed by atoms with Crippen molar-refractivity contribution in [1.82, 2.24) is 29.9 Å². The molecule has 4 aromatic carbocycles. The Labute approximate surface area is 338 Å².